The first kappa shape index (κ1) is 12.5. The van der Waals surface area contributed by atoms with Crippen LogP contribution in [0.1, 0.15) is 5.56 Å². The van der Waals surface area contributed by atoms with Crippen molar-refractivity contribution in [2.24, 2.45) is 4.40 Å². The zero-order valence-corrected chi connectivity index (χ0v) is 11.1. The van der Waals surface area contributed by atoms with E-state index in [0.717, 1.165) is 20.5 Å². The van der Waals surface area contributed by atoms with Crippen LogP contribution in [0.2, 0.25) is 10.0 Å². The summed E-state index contributed by atoms with van der Waals surface area (Å²) in [6.45, 7) is 0. The third-order valence-electron chi connectivity index (χ3n) is 2.03. The molecule has 86 valence electrons. The molecule has 0 N–H and O–H groups in total. The van der Waals surface area contributed by atoms with Gasteiger partial charge in [-0.25, -0.2) is 4.40 Å². The highest BCUT2D eigenvalue weighted by atomic mass is 35.5. The molecule has 4 heteroatoms. The molecule has 1 nitrogen and oxygen atoms in total. The Kier molecular flexibility index (Phi) is 4.49. The summed E-state index contributed by atoms with van der Waals surface area (Å²) < 4.78 is 4.27. The maximum atomic E-state index is 5.88. The van der Waals surface area contributed by atoms with Crippen molar-refractivity contribution in [1.82, 2.24) is 0 Å². The van der Waals surface area contributed by atoms with Crippen LogP contribution in [0.25, 0.3) is 0 Å². The van der Waals surface area contributed by atoms with Gasteiger partial charge in [0.25, 0.3) is 0 Å². The van der Waals surface area contributed by atoms with E-state index in [4.69, 9.17) is 23.2 Å². The van der Waals surface area contributed by atoms with E-state index in [1.807, 2.05) is 48.5 Å². The predicted molar refractivity (Wildman–Crippen MR) is 76.4 cm³/mol. The van der Waals surface area contributed by atoms with Crippen LogP contribution >= 0.6 is 35.1 Å². The van der Waals surface area contributed by atoms with Crippen molar-refractivity contribution in [2.75, 3.05) is 0 Å². The molecule has 0 aliphatic rings. The highest BCUT2D eigenvalue weighted by molar-refractivity contribution is 7.98. The van der Waals surface area contributed by atoms with Crippen LogP contribution in [0.3, 0.4) is 0 Å². The fraction of sp³-hybridized carbons (Fsp3) is 0. The second-order valence-corrected chi connectivity index (χ2v) is 5.07. The molecule has 0 aliphatic heterocycles. The van der Waals surface area contributed by atoms with Crippen LogP contribution in [0.5, 0.6) is 0 Å². The highest BCUT2D eigenvalue weighted by Crippen LogP contribution is 2.22. The lowest BCUT2D eigenvalue weighted by atomic mass is 10.2. The summed E-state index contributed by atoms with van der Waals surface area (Å²) in [7, 11) is 0. The Morgan fingerprint density at radius 3 is 2.41 bits per heavy atom. The van der Waals surface area contributed by atoms with E-state index in [1.165, 1.54) is 11.9 Å². The molecular formula is C13H9Cl2NS. The fourth-order valence-corrected chi connectivity index (χ4v) is 2.22. The Hall–Kier alpha value is -0.960. The van der Waals surface area contributed by atoms with Gasteiger partial charge in [-0.3, -0.25) is 0 Å². The average Bonchev–Trinajstić information content (AvgIpc) is 2.32. The van der Waals surface area contributed by atoms with Gasteiger partial charge in [0.15, 0.2) is 0 Å². The summed E-state index contributed by atoms with van der Waals surface area (Å²) in [6, 6.07) is 15.1. The zero-order valence-electron chi connectivity index (χ0n) is 8.81. The normalized spacial score (nSPS) is 10.9. The Balaban J connectivity index is 2.00. The first-order chi connectivity index (χ1) is 8.24. The summed E-state index contributed by atoms with van der Waals surface area (Å²) in [5.41, 5.74) is 1.02. The molecule has 0 heterocycles. The van der Waals surface area contributed by atoms with Crippen LogP contribution in [-0.4, -0.2) is 6.21 Å². The Labute approximate surface area is 115 Å². The van der Waals surface area contributed by atoms with E-state index >= 15 is 0 Å². The third kappa shape index (κ3) is 4.08. The molecule has 17 heavy (non-hydrogen) atoms. The summed E-state index contributed by atoms with van der Waals surface area (Å²) >= 11 is 13.1. The van der Waals surface area contributed by atoms with Gasteiger partial charge in [0.05, 0.1) is 0 Å². The van der Waals surface area contributed by atoms with E-state index < -0.39 is 0 Å². The Bertz CT molecular complexity index is 523. The van der Waals surface area contributed by atoms with Crippen LogP contribution in [0, 0.1) is 0 Å². The van der Waals surface area contributed by atoms with Crippen LogP contribution in [-0.2, 0) is 0 Å². The van der Waals surface area contributed by atoms with Crippen molar-refractivity contribution in [3.8, 4) is 0 Å². The number of rotatable bonds is 3. The molecule has 0 aliphatic carbocycles. The van der Waals surface area contributed by atoms with Gasteiger partial charge in [-0.1, -0.05) is 41.4 Å². The van der Waals surface area contributed by atoms with Crippen molar-refractivity contribution in [3.63, 3.8) is 0 Å². The van der Waals surface area contributed by atoms with Gasteiger partial charge in [-0.15, -0.1) is 0 Å². The standard InChI is InChI=1S/C13H9Cl2NS/c14-11-6-4-10(5-7-11)9-16-17-13-3-1-2-12(15)8-13/h1-9H/b16-9+. The molecule has 0 bridgehead atoms. The predicted octanol–water partition coefficient (Wildman–Crippen LogP) is 5.12. The van der Waals surface area contributed by atoms with Crippen molar-refractivity contribution < 1.29 is 0 Å². The lowest BCUT2D eigenvalue weighted by Crippen LogP contribution is -1.78. The van der Waals surface area contributed by atoms with E-state index in [1.54, 1.807) is 6.21 Å². The molecule has 0 fully saturated rings. The number of halogens is 2. The largest absolute Gasteiger partial charge is 0.219 e. The molecular weight excluding hydrogens is 273 g/mol. The Morgan fingerprint density at radius 2 is 1.71 bits per heavy atom. The molecule has 0 aromatic heterocycles. The van der Waals surface area contributed by atoms with E-state index in [-0.39, 0.29) is 0 Å². The molecule has 2 rings (SSSR count). The number of hydrogen-bond acceptors (Lipinski definition) is 2. The number of hydrogen-bond donors (Lipinski definition) is 0. The quantitative estimate of drug-likeness (QED) is 0.562. The van der Waals surface area contributed by atoms with Gasteiger partial charge >= 0.3 is 0 Å². The summed E-state index contributed by atoms with van der Waals surface area (Å²) in [6.07, 6.45) is 1.79. The van der Waals surface area contributed by atoms with Crippen molar-refractivity contribution in [2.45, 2.75) is 4.90 Å². The highest BCUT2D eigenvalue weighted by Gasteiger charge is 1.93. The fourth-order valence-electron chi connectivity index (χ4n) is 1.22. The average molecular weight is 282 g/mol. The first-order valence-corrected chi connectivity index (χ1v) is 6.48. The first-order valence-electron chi connectivity index (χ1n) is 4.95. The van der Waals surface area contributed by atoms with Gasteiger partial charge < -0.3 is 0 Å². The van der Waals surface area contributed by atoms with E-state index in [0.29, 0.717) is 0 Å². The number of benzene rings is 2. The summed E-state index contributed by atoms with van der Waals surface area (Å²) in [4.78, 5) is 1.02. The van der Waals surface area contributed by atoms with Gasteiger partial charge in [0.1, 0.15) is 0 Å². The monoisotopic (exact) mass is 281 g/mol. The van der Waals surface area contributed by atoms with Crippen LogP contribution in [0.15, 0.2) is 57.8 Å². The second-order valence-electron chi connectivity index (χ2n) is 3.33. The Morgan fingerprint density at radius 1 is 0.941 bits per heavy atom. The molecule has 0 atom stereocenters. The zero-order chi connectivity index (χ0) is 12.1. The lowest BCUT2D eigenvalue weighted by molar-refractivity contribution is 1.46. The van der Waals surface area contributed by atoms with Crippen molar-refractivity contribution >= 4 is 41.4 Å². The van der Waals surface area contributed by atoms with Crippen molar-refractivity contribution in [1.29, 1.82) is 0 Å². The molecule has 2 aromatic rings. The van der Waals surface area contributed by atoms with E-state index in [9.17, 15) is 0 Å². The molecule has 0 saturated heterocycles. The maximum Gasteiger partial charge on any atom is 0.0428 e. The topological polar surface area (TPSA) is 12.4 Å². The minimum atomic E-state index is 0.719. The third-order valence-corrected chi connectivity index (χ3v) is 3.19. The summed E-state index contributed by atoms with van der Waals surface area (Å²) in [5, 5.41) is 1.45. The van der Waals surface area contributed by atoms with Gasteiger partial charge in [0, 0.05) is 33.1 Å². The molecule has 0 spiro atoms. The molecule has 0 saturated carbocycles. The van der Waals surface area contributed by atoms with Gasteiger partial charge in [-0.2, -0.15) is 0 Å². The smallest absolute Gasteiger partial charge is 0.0428 e. The number of nitrogens with zero attached hydrogens (tertiary/aromatic N) is 1. The second kappa shape index (κ2) is 6.10. The van der Waals surface area contributed by atoms with Crippen molar-refractivity contribution in [3.05, 3.63) is 64.1 Å². The SMILES string of the molecule is Clc1ccc(/C=N/Sc2cccc(Cl)c2)cc1. The molecule has 2 aromatic carbocycles. The minimum absolute atomic E-state index is 0.719. The van der Waals surface area contributed by atoms with Gasteiger partial charge in [0.2, 0.25) is 0 Å². The van der Waals surface area contributed by atoms with E-state index in [2.05, 4.69) is 4.40 Å². The minimum Gasteiger partial charge on any atom is -0.219 e. The lowest BCUT2D eigenvalue weighted by Gasteiger charge is -1.96. The molecule has 0 unspecified atom stereocenters. The van der Waals surface area contributed by atoms with Crippen LogP contribution in [0.4, 0.5) is 0 Å². The van der Waals surface area contributed by atoms with Crippen LogP contribution < -0.4 is 0 Å². The molecule has 0 radical (unpaired) electrons. The van der Waals surface area contributed by atoms with Gasteiger partial charge in [-0.05, 0) is 35.9 Å². The molecule has 0 amide bonds. The maximum absolute atomic E-state index is 5.88. The summed E-state index contributed by atoms with van der Waals surface area (Å²) in [5.74, 6) is 0.